The number of rotatable bonds is 6. The van der Waals surface area contributed by atoms with Crippen molar-refractivity contribution in [2.24, 2.45) is 10.7 Å². The molecule has 1 aromatic rings. The van der Waals surface area contributed by atoms with Crippen LogP contribution in [0.1, 0.15) is 36.2 Å². The van der Waals surface area contributed by atoms with Gasteiger partial charge in [0.2, 0.25) is 0 Å². The maximum atomic E-state index is 11.6. The molecule has 0 aliphatic carbocycles. The lowest BCUT2D eigenvalue weighted by Gasteiger charge is -2.05. The second kappa shape index (κ2) is 8.13. The van der Waals surface area contributed by atoms with E-state index < -0.39 is 0 Å². The SMILES string of the molecule is CCCNC(N)=NCc1ccc(C(=O)NCC)cc1. The molecule has 0 unspecified atom stereocenters. The van der Waals surface area contributed by atoms with E-state index in [2.05, 4.69) is 22.5 Å². The van der Waals surface area contributed by atoms with Crippen LogP contribution in [-0.4, -0.2) is 25.0 Å². The maximum absolute atomic E-state index is 11.6. The third-order valence-electron chi connectivity index (χ3n) is 2.54. The summed E-state index contributed by atoms with van der Waals surface area (Å²) in [7, 11) is 0. The first kappa shape index (κ1) is 15.0. The van der Waals surface area contributed by atoms with Gasteiger partial charge < -0.3 is 16.4 Å². The number of nitrogens with two attached hydrogens (primary N) is 1. The Labute approximate surface area is 114 Å². The molecular weight excluding hydrogens is 240 g/mol. The lowest BCUT2D eigenvalue weighted by atomic mass is 10.1. The van der Waals surface area contributed by atoms with E-state index in [4.69, 9.17) is 5.73 Å². The molecule has 0 heterocycles. The number of hydrogen-bond donors (Lipinski definition) is 3. The predicted octanol–water partition coefficient (Wildman–Crippen LogP) is 1.25. The average molecular weight is 262 g/mol. The second-order valence-electron chi connectivity index (χ2n) is 4.18. The van der Waals surface area contributed by atoms with Crippen molar-refractivity contribution in [1.29, 1.82) is 0 Å². The molecule has 4 N–H and O–H groups in total. The molecule has 5 nitrogen and oxygen atoms in total. The third kappa shape index (κ3) is 5.42. The Bertz CT molecular complexity index is 426. The van der Waals surface area contributed by atoms with Gasteiger partial charge in [0.15, 0.2) is 5.96 Å². The van der Waals surface area contributed by atoms with Crippen LogP contribution in [0.2, 0.25) is 0 Å². The predicted molar refractivity (Wildman–Crippen MR) is 78.1 cm³/mol. The van der Waals surface area contributed by atoms with Gasteiger partial charge in [-0.25, -0.2) is 4.99 Å². The van der Waals surface area contributed by atoms with Crippen LogP contribution in [0.25, 0.3) is 0 Å². The van der Waals surface area contributed by atoms with Crippen molar-refractivity contribution in [3.05, 3.63) is 35.4 Å². The molecule has 1 aromatic carbocycles. The van der Waals surface area contributed by atoms with E-state index in [1.807, 2.05) is 19.1 Å². The van der Waals surface area contributed by atoms with Crippen LogP contribution < -0.4 is 16.4 Å². The van der Waals surface area contributed by atoms with Crippen molar-refractivity contribution in [1.82, 2.24) is 10.6 Å². The summed E-state index contributed by atoms with van der Waals surface area (Å²) in [4.78, 5) is 15.8. The third-order valence-corrected chi connectivity index (χ3v) is 2.54. The summed E-state index contributed by atoms with van der Waals surface area (Å²) in [6.07, 6.45) is 1.01. The summed E-state index contributed by atoms with van der Waals surface area (Å²) in [6.45, 7) is 5.93. The summed E-state index contributed by atoms with van der Waals surface area (Å²) < 4.78 is 0. The molecule has 0 aliphatic heterocycles. The van der Waals surface area contributed by atoms with Gasteiger partial charge in [0, 0.05) is 18.7 Å². The molecule has 0 radical (unpaired) electrons. The number of carbonyl (C=O) groups excluding carboxylic acids is 1. The summed E-state index contributed by atoms with van der Waals surface area (Å²) in [5, 5.41) is 5.77. The first-order valence-corrected chi connectivity index (χ1v) is 6.58. The lowest BCUT2D eigenvalue weighted by Crippen LogP contribution is -2.32. The van der Waals surface area contributed by atoms with Crippen LogP contribution in [0.15, 0.2) is 29.3 Å². The number of aliphatic imine (C=N–C) groups is 1. The monoisotopic (exact) mass is 262 g/mol. The number of benzene rings is 1. The second-order valence-corrected chi connectivity index (χ2v) is 4.18. The number of amides is 1. The van der Waals surface area contributed by atoms with Crippen molar-refractivity contribution >= 4 is 11.9 Å². The zero-order chi connectivity index (χ0) is 14.1. The zero-order valence-electron chi connectivity index (χ0n) is 11.6. The highest BCUT2D eigenvalue weighted by atomic mass is 16.1. The number of nitrogens with one attached hydrogen (secondary N) is 2. The average Bonchev–Trinajstić information content (AvgIpc) is 2.43. The summed E-state index contributed by atoms with van der Waals surface area (Å²) >= 11 is 0. The van der Waals surface area contributed by atoms with E-state index in [-0.39, 0.29) is 5.91 Å². The fourth-order valence-corrected chi connectivity index (χ4v) is 1.51. The zero-order valence-corrected chi connectivity index (χ0v) is 11.6. The summed E-state index contributed by atoms with van der Waals surface area (Å²) in [6, 6.07) is 7.37. The van der Waals surface area contributed by atoms with Gasteiger partial charge in [-0.05, 0) is 31.0 Å². The van der Waals surface area contributed by atoms with Crippen LogP contribution in [0, 0.1) is 0 Å². The lowest BCUT2D eigenvalue weighted by molar-refractivity contribution is 0.0956. The Balaban J connectivity index is 2.55. The van der Waals surface area contributed by atoms with Crippen molar-refractivity contribution < 1.29 is 4.79 Å². The van der Waals surface area contributed by atoms with E-state index >= 15 is 0 Å². The fraction of sp³-hybridized carbons (Fsp3) is 0.429. The standard InChI is InChI=1S/C14H22N4O/c1-3-9-17-14(15)18-10-11-5-7-12(8-6-11)13(19)16-4-2/h5-8H,3-4,9-10H2,1-2H3,(H,16,19)(H3,15,17,18). The molecule has 0 spiro atoms. The highest BCUT2D eigenvalue weighted by molar-refractivity contribution is 5.94. The van der Waals surface area contributed by atoms with Crippen LogP contribution in [0.3, 0.4) is 0 Å². The molecule has 1 amide bonds. The Morgan fingerprint density at radius 3 is 2.47 bits per heavy atom. The van der Waals surface area contributed by atoms with Gasteiger partial charge in [0.05, 0.1) is 6.54 Å². The van der Waals surface area contributed by atoms with Gasteiger partial charge in [-0.2, -0.15) is 0 Å². The molecule has 0 bridgehead atoms. The first-order valence-electron chi connectivity index (χ1n) is 6.58. The maximum Gasteiger partial charge on any atom is 0.251 e. The summed E-state index contributed by atoms with van der Waals surface area (Å²) in [5.41, 5.74) is 7.38. The van der Waals surface area contributed by atoms with Crippen LogP contribution >= 0.6 is 0 Å². The van der Waals surface area contributed by atoms with E-state index in [0.29, 0.717) is 24.6 Å². The number of nitrogens with zero attached hydrogens (tertiary/aromatic N) is 1. The van der Waals surface area contributed by atoms with Gasteiger partial charge in [-0.1, -0.05) is 19.1 Å². The Kier molecular flexibility index (Phi) is 6.43. The molecule has 0 fully saturated rings. The molecule has 104 valence electrons. The highest BCUT2D eigenvalue weighted by Crippen LogP contribution is 2.05. The molecule has 0 aliphatic rings. The van der Waals surface area contributed by atoms with Crippen molar-refractivity contribution in [3.63, 3.8) is 0 Å². The molecule has 0 saturated heterocycles. The van der Waals surface area contributed by atoms with Gasteiger partial charge in [0.1, 0.15) is 0 Å². The van der Waals surface area contributed by atoms with Crippen molar-refractivity contribution in [3.8, 4) is 0 Å². The quantitative estimate of drug-likeness (QED) is 0.533. The van der Waals surface area contributed by atoms with Crippen molar-refractivity contribution in [2.45, 2.75) is 26.8 Å². The smallest absolute Gasteiger partial charge is 0.251 e. The Morgan fingerprint density at radius 1 is 1.21 bits per heavy atom. The van der Waals surface area contributed by atoms with E-state index in [9.17, 15) is 4.79 Å². The molecule has 0 atom stereocenters. The number of hydrogen-bond acceptors (Lipinski definition) is 2. The van der Waals surface area contributed by atoms with Gasteiger partial charge in [0.25, 0.3) is 5.91 Å². The Hall–Kier alpha value is -2.04. The first-order chi connectivity index (χ1) is 9.17. The minimum Gasteiger partial charge on any atom is -0.370 e. The Morgan fingerprint density at radius 2 is 1.89 bits per heavy atom. The van der Waals surface area contributed by atoms with Gasteiger partial charge in [-0.3, -0.25) is 4.79 Å². The van der Waals surface area contributed by atoms with Crippen LogP contribution in [-0.2, 0) is 6.54 Å². The minimum atomic E-state index is -0.0540. The van der Waals surface area contributed by atoms with Gasteiger partial charge >= 0.3 is 0 Å². The normalized spacial score (nSPS) is 11.2. The van der Waals surface area contributed by atoms with Gasteiger partial charge in [-0.15, -0.1) is 0 Å². The molecular formula is C14H22N4O. The minimum absolute atomic E-state index is 0.0540. The largest absolute Gasteiger partial charge is 0.370 e. The molecule has 0 saturated carbocycles. The molecule has 1 rings (SSSR count). The topological polar surface area (TPSA) is 79.5 Å². The fourth-order valence-electron chi connectivity index (χ4n) is 1.51. The van der Waals surface area contributed by atoms with E-state index in [1.54, 1.807) is 12.1 Å². The van der Waals surface area contributed by atoms with E-state index in [1.165, 1.54) is 0 Å². The molecule has 0 aromatic heterocycles. The van der Waals surface area contributed by atoms with Crippen molar-refractivity contribution in [2.75, 3.05) is 13.1 Å². The van der Waals surface area contributed by atoms with Crippen LogP contribution in [0.5, 0.6) is 0 Å². The van der Waals surface area contributed by atoms with E-state index in [0.717, 1.165) is 18.5 Å². The van der Waals surface area contributed by atoms with Crippen LogP contribution in [0.4, 0.5) is 0 Å². The number of carbonyl (C=O) groups is 1. The molecule has 19 heavy (non-hydrogen) atoms. The number of guanidine groups is 1. The summed E-state index contributed by atoms with van der Waals surface area (Å²) in [5.74, 6) is 0.399. The molecule has 5 heteroatoms. The highest BCUT2D eigenvalue weighted by Gasteiger charge is 2.03.